The molecular weight excluding hydrogens is 218 g/mol. The fraction of sp³-hybridized carbons (Fsp3) is 1.00. The first-order valence-corrected chi connectivity index (χ1v) is 4.08. The zero-order valence-corrected chi connectivity index (χ0v) is 7.53. The summed E-state index contributed by atoms with van der Waals surface area (Å²) in [6.07, 6.45) is 2.25. The molecule has 0 bridgehead atoms. The first-order chi connectivity index (χ1) is 3.62. The quantitative estimate of drug-likeness (QED) is 0.515. The van der Waals surface area contributed by atoms with Crippen LogP contribution in [0.2, 0.25) is 0 Å². The van der Waals surface area contributed by atoms with Crippen LogP contribution in [0.25, 0.3) is 0 Å². The van der Waals surface area contributed by atoms with E-state index in [0.29, 0.717) is 12.8 Å². The molecular formula is C6H12FI. The van der Waals surface area contributed by atoms with Gasteiger partial charge in [0.25, 0.3) is 0 Å². The van der Waals surface area contributed by atoms with Crippen LogP contribution in [0.5, 0.6) is 0 Å². The Hall–Kier alpha value is 0.660. The van der Waals surface area contributed by atoms with E-state index in [1.54, 1.807) is 0 Å². The highest BCUT2D eigenvalue weighted by Gasteiger charge is 2.20. The first-order valence-electron chi connectivity index (χ1n) is 3.00. The molecule has 2 heteroatoms. The molecule has 0 N–H and O–H groups in total. The van der Waals surface area contributed by atoms with Gasteiger partial charge in [-0.25, -0.2) is 4.39 Å². The van der Waals surface area contributed by atoms with Crippen molar-refractivity contribution in [2.45, 2.75) is 36.8 Å². The summed E-state index contributed by atoms with van der Waals surface area (Å²) < 4.78 is 11.9. The van der Waals surface area contributed by atoms with E-state index in [4.69, 9.17) is 0 Å². The summed E-state index contributed by atoms with van der Waals surface area (Å²) in [5, 5.41) is 0. The third-order valence-electron chi connectivity index (χ3n) is 1.13. The number of rotatable bonds is 3. The van der Waals surface area contributed by atoms with E-state index < -0.39 is 3.68 Å². The third kappa shape index (κ3) is 3.64. The molecule has 0 saturated heterocycles. The van der Waals surface area contributed by atoms with Crippen molar-refractivity contribution >= 4 is 22.6 Å². The Morgan fingerprint density at radius 2 is 2.00 bits per heavy atom. The molecule has 8 heavy (non-hydrogen) atoms. The molecule has 0 heterocycles. The Morgan fingerprint density at radius 1 is 1.50 bits per heavy atom. The molecule has 0 radical (unpaired) electrons. The largest absolute Gasteiger partial charge is 0.232 e. The Kier molecular flexibility index (Phi) is 3.94. The van der Waals surface area contributed by atoms with Gasteiger partial charge in [0.1, 0.15) is 0 Å². The van der Waals surface area contributed by atoms with Gasteiger partial charge in [-0.15, -0.1) is 0 Å². The second kappa shape index (κ2) is 3.64. The van der Waals surface area contributed by atoms with Gasteiger partial charge < -0.3 is 0 Å². The summed E-state index contributed by atoms with van der Waals surface area (Å²) in [5.41, 5.74) is 0. The third-order valence-corrected chi connectivity index (χ3v) is 2.44. The fourth-order valence-corrected chi connectivity index (χ4v) is 1.08. The molecule has 0 fully saturated rings. The van der Waals surface area contributed by atoms with Crippen molar-refractivity contribution in [2.24, 2.45) is 0 Å². The molecule has 0 aromatic rings. The Bertz CT molecular complexity index is 61.5. The highest BCUT2D eigenvalue weighted by atomic mass is 127. The van der Waals surface area contributed by atoms with Crippen LogP contribution in [0.15, 0.2) is 0 Å². The second-order valence-corrected chi connectivity index (χ2v) is 3.89. The summed E-state index contributed by atoms with van der Waals surface area (Å²) in [7, 11) is 0. The van der Waals surface area contributed by atoms with Gasteiger partial charge in [-0.2, -0.15) is 0 Å². The maximum atomic E-state index is 12.8. The molecule has 1 atom stereocenters. The normalized spacial score (nSPS) is 18.0. The van der Waals surface area contributed by atoms with Gasteiger partial charge in [-0.1, -0.05) is 20.3 Å². The maximum absolute atomic E-state index is 12.8. The molecule has 0 aliphatic carbocycles. The Balaban J connectivity index is 3.37. The summed E-state index contributed by atoms with van der Waals surface area (Å²) >= 11 is 1.87. The molecule has 0 spiro atoms. The van der Waals surface area contributed by atoms with Gasteiger partial charge in [-0.3, -0.25) is 0 Å². The molecule has 50 valence electrons. The minimum atomic E-state index is -0.938. The lowest BCUT2D eigenvalue weighted by atomic mass is 10.2. The van der Waals surface area contributed by atoms with Crippen molar-refractivity contribution in [1.29, 1.82) is 0 Å². The minimum Gasteiger partial charge on any atom is -0.232 e. The van der Waals surface area contributed by atoms with Gasteiger partial charge in [0.05, 0.1) is 0 Å². The van der Waals surface area contributed by atoms with Gasteiger partial charge in [0.2, 0.25) is 0 Å². The SMILES string of the molecule is CCCC(F)(I)CC. The number of hydrogen-bond acceptors (Lipinski definition) is 0. The molecule has 1 unspecified atom stereocenters. The van der Waals surface area contributed by atoms with Gasteiger partial charge in [-0.05, 0) is 35.4 Å². The molecule has 0 aliphatic rings. The highest BCUT2D eigenvalue weighted by molar-refractivity contribution is 14.1. The molecule has 0 aromatic heterocycles. The summed E-state index contributed by atoms with van der Waals surface area (Å²) in [6, 6.07) is 0. The number of hydrogen-bond donors (Lipinski definition) is 0. The van der Waals surface area contributed by atoms with Crippen LogP contribution in [-0.2, 0) is 0 Å². The Morgan fingerprint density at radius 3 is 2.12 bits per heavy atom. The van der Waals surface area contributed by atoms with Crippen LogP contribution in [0.4, 0.5) is 4.39 Å². The van der Waals surface area contributed by atoms with E-state index in [1.165, 1.54) is 0 Å². The topological polar surface area (TPSA) is 0 Å². The van der Waals surface area contributed by atoms with E-state index in [0.717, 1.165) is 6.42 Å². The summed E-state index contributed by atoms with van der Waals surface area (Å²) in [4.78, 5) is 0. The van der Waals surface area contributed by atoms with Crippen LogP contribution < -0.4 is 0 Å². The Labute approximate surface area is 64.0 Å². The summed E-state index contributed by atoms with van der Waals surface area (Å²) in [6.45, 7) is 3.88. The van der Waals surface area contributed by atoms with E-state index in [1.807, 2.05) is 36.4 Å². The van der Waals surface area contributed by atoms with Crippen LogP contribution in [-0.4, -0.2) is 3.68 Å². The molecule has 0 nitrogen and oxygen atoms in total. The number of halogens is 2. The van der Waals surface area contributed by atoms with E-state index >= 15 is 0 Å². The van der Waals surface area contributed by atoms with Gasteiger partial charge in [0.15, 0.2) is 3.68 Å². The smallest absolute Gasteiger partial charge is 0.161 e. The van der Waals surface area contributed by atoms with Crippen molar-refractivity contribution < 1.29 is 4.39 Å². The lowest BCUT2D eigenvalue weighted by Crippen LogP contribution is -2.09. The molecule has 0 aromatic carbocycles. The molecule has 0 saturated carbocycles. The van der Waals surface area contributed by atoms with Crippen LogP contribution in [0.3, 0.4) is 0 Å². The molecule has 0 amide bonds. The van der Waals surface area contributed by atoms with Crippen molar-refractivity contribution in [3.05, 3.63) is 0 Å². The van der Waals surface area contributed by atoms with Crippen molar-refractivity contribution in [1.82, 2.24) is 0 Å². The van der Waals surface area contributed by atoms with Crippen molar-refractivity contribution in [2.75, 3.05) is 0 Å². The first kappa shape index (κ1) is 8.66. The van der Waals surface area contributed by atoms with Gasteiger partial charge in [0, 0.05) is 0 Å². The van der Waals surface area contributed by atoms with Gasteiger partial charge >= 0.3 is 0 Å². The molecule has 0 rings (SSSR count). The average Bonchev–Trinajstić information content (AvgIpc) is 1.67. The van der Waals surface area contributed by atoms with Crippen LogP contribution >= 0.6 is 22.6 Å². The zero-order valence-electron chi connectivity index (χ0n) is 5.38. The monoisotopic (exact) mass is 230 g/mol. The van der Waals surface area contributed by atoms with E-state index in [-0.39, 0.29) is 0 Å². The van der Waals surface area contributed by atoms with Crippen molar-refractivity contribution in [3.8, 4) is 0 Å². The minimum absolute atomic E-state index is 0.626. The lowest BCUT2D eigenvalue weighted by Gasteiger charge is -2.13. The molecule has 0 aliphatic heterocycles. The van der Waals surface area contributed by atoms with E-state index in [9.17, 15) is 4.39 Å². The maximum Gasteiger partial charge on any atom is 0.161 e. The fourth-order valence-electron chi connectivity index (χ4n) is 0.543. The van der Waals surface area contributed by atoms with Crippen LogP contribution in [0, 0.1) is 0 Å². The predicted molar refractivity (Wildman–Crippen MR) is 43.1 cm³/mol. The second-order valence-electron chi connectivity index (χ2n) is 1.96. The summed E-state index contributed by atoms with van der Waals surface area (Å²) in [5.74, 6) is 0. The zero-order chi connectivity index (χ0) is 6.62. The standard InChI is InChI=1S/C6H12FI/c1-3-5-6(7,8)4-2/h3-5H2,1-2H3. The van der Waals surface area contributed by atoms with Crippen LogP contribution in [0.1, 0.15) is 33.1 Å². The number of alkyl halides is 2. The average molecular weight is 230 g/mol. The van der Waals surface area contributed by atoms with E-state index in [2.05, 4.69) is 0 Å². The highest BCUT2D eigenvalue weighted by Crippen LogP contribution is 2.29. The van der Waals surface area contributed by atoms with Crippen molar-refractivity contribution in [3.63, 3.8) is 0 Å². The lowest BCUT2D eigenvalue weighted by molar-refractivity contribution is 0.282. The predicted octanol–water partition coefficient (Wildman–Crippen LogP) is 3.30.